The number of hydrogen-bond donors (Lipinski definition) is 2. The Labute approximate surface area is 69.0 Å². The number of rotatable bonds is 1. The molecule has 0 heterocycles. The molecule has 0 aromatic carbocycles. The Balaban J connectivity index is 0.000000120. The van der Waals surface area contributed by atoms with Gasteiger partial charge in [0.2, 0.25) is 0 Å². The molecule has 4 nitrogen and oxygen atoms in total. The van der Waals surface area contributed by atoms with E-state index in [2.05, 4.69) is 29.2 Å². The standard InChI is InChI=1S/C6H4.C2H4O4/c1-2-6-4-3-5(1)6;3-1-2(4)6-5/h1-4H;3,5H,1H2. The minimum absolute atomic E-state index is 0.781. The van der Waals surface area contributed by atoms with Gasteiger partial charge in [-0.05, 0) is 11.1 Å². The summed E-state index contributed by atoms with van der Waals surface area (Å²) in [6, 6.07) is 8.48. The van der Waals surface area contributed by atoms with E-state index in [-0.39, 0.29) is 0 Å². The lowest BCUT2D eigenvalue weighted by molar-refractivity contribution is -0.236. The summed E-state index contributed by atoms with van der Waals surface area (Å²) in [4.78, 5) is 12.5. The van der Waals surface area contributed by atoms with Crippen LogP contribution in [0.15, 0.2) is 24.3 Å². The third kappa shape index (κ3) is 1.81. The summed E-state index contributed by atoms with van der Waals surface area (Å²) in [5, 5.41) is 15.0. The summed E-state index contributed by atoms with van der Waals surface area (Å²) in [5.74, 6) is -1.05. The number of aliphatic hydroxyl groups is 1. The molecular weight excluding hydrogens is 160 g/mol. The Morgan fingerprint density at radius 2 is 1.67 bits per heavy atom. The average Bonchev–Trinajstić information content (AvgIpc) is 2.10. The van der Waals surface area contributed by atoms with Crippen LogP contribution in [0.5, 0.6) is 0 Å². The number of carbonyl (C=O) groups is 1. The molecule has 0 bridgehead atoms. The number of aliphatic hydroxyl groups excluding tert-OH is 1. The van der Waals surface area contributed by atoms with Crippen LogP contribution in [0.4, 0.5) is 0 Å². The second-order valence-corrected chi connectivity index (χ2v) is 2.20. The van der Waals surface area contributed by atoms with Crippen molar-refractivity contribution in [3.05, 3.63) is 24.3 Å². The van der Waals surface area contributed by atoms with Gasteiger partial charge in [-0.2, -0.15) is 5.26 Å². The first-order chi connectivity index (χ1) is 5.77. The third-order valence-corrected chi connectivity index (χ3v) is 1.45. The Morgan fingerprint density at radius 1 is 1.25 bits per heavy atom. The van der Waals surface area contributed by atoms with Gasteiger partial charge < -0.3 is 5.11 Å². The normalized spacial score (nSPS) is 9.50. The zero-order chi connectivity index (χ0) is 8.97. The molecule has 12 heavy (non-hydrogen) atoms. The second-order valence-electron chi connectivity index (χ2n) is 2.20. The molecule has 0 fully saturated rings. The smallest absolute Gasteiger partial charge is 0.367 e. The first-order valence-electron chi connectivity index (χ1n) is 3.33. The van der Waals surface area contributed by atoms with Crippen molar-refractivity contribution >= 4 is 5.97 Å². The van der Waals surface area contributed by atoms with E-state index in [1.807, 2.05) is 0 Å². The van der Waals surface area contributed by atoms with Gasteiger partial charge in [-0.3, -0.25) is 4.89 Å². The number of benzene rings is 1. The number of fused-ring (bicyclic) bond motifs is 1. The molecule has 2 aliphatic carbocycles. The molecule has 2 rings (SSSR count). The zero-order valence-electron chi connectivity index (χ0n) is 6.23. The molecule has 64 valence electrons. The summed E-state index contributed by atoms with van der Waals surface area (Å²) in [6.45, 7) is -0.781. The monoisotopic (exact) mass is 168 g/mol. The highest BCUT2D eigenvalue weighted by molar-refractivity contribution is 5.75. The fourth-order valence-corrected chi connectivity index (χ4v) is 0.692. The van der Waals surface area contributed by atoms with Gasteiger partial charge in [-0.25, -0.2) is 4.79 Å². The van der Waals surface area contributed by atoms with Crippen LogP contribution in [0.25, 0.3) is 11.1 Å². The third-order valence-electron chi connectivity index (χ3n) is 1.45. The first kappa shape index (κ1) is 8.70. The van der Waals surface area contributed by atoms with E-state index in [1.165, 1.54) is 11.1 Å². The minimum atomic E-state index is -1.05. The van der Waals surface area contributed by atoms with Crippen LogP contribution in [-0.2, 0) is 9.68 Å². The highest BCUT2D eigenvalue weighted by Crippen LogP contribution is 2.29. The lowest BCUT2D eigenvalue weighted by atomic mass is 9.95. The van der Waals surface area contributed by atoms with Gasteiger partial charge in [0.05, 0.1) is 0 Å². The van der Waals surface area contributed by atoms with Crippen LogP contribution in [0.3, 0.4) is 0 Å². The summed E-state index contributed by atoms with van der Waals surface area (Å²) in [6.07, 6.45) is 0. The Kier molecular flexibility index (Phi) is 2.79. The van der Waals surface area contributed by atoms with Crippen LogP contribution >= 0.6 is 0 Å². The van der Waals surface area contributed by atoms with Gasteiger partial charge in [0.15, 0.2) is 0 Å². The molecule has 2 N–H and O–H groups in total. The molecule has 4 heteroatoms. The van der Waals surface area contributed by atoms with Crippen LogP contribution in [0, 0.1) is 0 Å². The molecule has 0 radical (unpaired) electrons. The molecule has 2 aliphatic rings. The molecule has 0 atom stereocenters. The van der Waals surface area contributed by atoms with E-state index in [1.54, 1.807) is 0 Å². The van der Waals surface area contributed by atoms with E-state index in [0.717, 1.165) is 0 Å². The SMILES string of the molecule is O=C(CO)OO.c1cc2ccc1-2. The van der Waals surface area contributed by atoms with Gasteiger partial charge in [-0.1, -0.05) is 24.3 Å². The van der Waals surface area contributed by atoms with Crippen molar-refractivity contribution < 1.29 is 20.0 Å². The van der Waals surface area contributed by atoms with Gasteiger partial charge in [-0.15, -0.1) is 0 Å². The van der Waals surface area contributed by atoms with Crippen molar-refractivity contribution in [1.29, 1.82) is 0 Å². The van der Waals surface area contributed by atoms with Crippen molar-refractivity contribution in [2.75, 3.05) is 6.61 Å². The topological polar surface area (TPSA) is 66.8 Å². The highest BCUT2D eigenvalue weighted by atomic mass is 17.1. The Bertz CT molecular complexity index is 238. The predicted octanol–water partition coefficient (Wildman–Crippen LogP) is 0.662. The maximum Gasteiger partial charge on any atom is 0.367 e. The molecule has 0 amide bonds. The average molecular weight is 168 g/mol. The molecule has 0 saturated heterocycles. The van der Waals surface area contributed by atoms with Crippen molar-refractivity contribution in [3.8, 4) is 11.1 Å². The molecule has 0 saturated carbocycles. The van der Waals surface area contributed by atoms with Gasteiger partial charge >= 0.3 is 5.97 Å². The maximum absolute atomic E-state index is 9.46. The molecule has 0 unspecified atom stereocenters. The fourth-order valence-electron chi connectivity index (χ4n) is 0.692. The first-order valence-corrected chi connectivity index (χ1v) is 3.33. The Morgan fingerprint density at radius 3 is 1.67 bits per heavy atom. The largest absolute Gasteiger partial charge is 0.385 e. The summed E-state index contributed by atoms with van der Waals surface area (Å²) in [5.41, 5.74) is 2.85. The van der Waals surface area contributed by atoms with E-state index in [0.29, 0.717) is 0 Å². The number of carbonyl (C=O) groups excluding carboxylic acids is 1. The lowest BCUT2D eigenvalue weighted by Crippen LogP contribution is -2.04. The predicted molar refractivity (Wildman–Crippen MR) is 41.2 cm³/mol. The molecule has 0 aromatic heterocycles. The quantitative estimate of drug-likeness (QED) is 0.485. The maximum atomic E-state index is 9.46. The van der Waals surface area contributed by atoms with Crippen molar-refractivity contribution in [2.24, 2.45) is 0 Å². The number of hydrogen-bond acceptors (Lipinski definition) is 4. The highest BCUT2D eigenvalue weighted by Gasteiger charge is 2.03. The summed E-state index contributed by atoms with van der Waals surface area (Å²) in [7, 11) is 0. The Hall–Kier alpha value is -1.39. The lowest BCUT2D eigenvalue weighted by Gasteiger charge is -2.10. The molecular formula is C8H8O4. The van der Waals surface area contributed by atoms with Gasteiger partial charge in [0, 0.05) is 0 Å². The van der Waals surface area contributed by atoms with Crippen molar-refractivity contribution in [2.45, 2.75) is 0 Å². The van der Waals surface area contributed by atoms with Crippen molar-refractivity contribution in [1.82, 2.24) is 0 Å². The van der Waals surface area contributed by atoms with Crippen molar-refractivity contribution in [3.63, 3.8) is 0 Å². The van der Waals surface area contributed by atoms with E-state index < -0.39 is 12.6 Å². The zero-order valence-corrected chi connectivity index (χ0v) is 6.23. The second kappa shape index (κ2) is 3.85. The minimum Gasteiger partial charge on any atom is -0.385 e. The van der Waals surface area contributed by atoms with E-state index >= 15 is 0 Å². The van der Waals surface area contributed by atoms with Crippen LogP contribution < -0.4 is 0 Å². The van der Waals surface area contributed by atoms with E-state index in [4.69, 9.17) is 10.4 Å². The van der Waals surface area contributed by atoms with Gasteiger partial charge in [0.1, 0.15) is 6.61 Å². The van der Waals surface area contributed by atoms with Crippen LogP contribution in [-0.4, -0.2) is 22.9 Å². The molecule has 0 aliphatic heterocycles. The van der Waals surface area contributed by atoms with Gasteiger partial charge in [0.25, 0.3) is 0 Å². The van der Waals surface area contributed by atoms with Crippen LogP contribution in [0.1, 0.15) is 0 Å². The molecule has 0 spiro atoms. The summed E-state index contributed by atoms with van der Waals surface area (Å²) >= 11 is 0. The van der Waals surface area contributed by atoms with Crippen LogP contribution in [0.2, 0.25) is 0 Å². The molecule has 0 aromatic rings. The van der Waals surface area contributed by atoms with E-state index in [9.17, 15) is 4.79 Å². The summed E-state index contributed by atoms with van der Waals surface area (Å²) < 4.78 is 0. The fraction of sp³-hybridized carbons (Fsp3) is 0.125.